The Balaban J connectivity index is 2.59. The summed E-state index contributed by atoms with van der Waals surface area (Å²) in [7, 11) is 1.94. The molecule has 0 fully saturated rings. The quantitative estimate of drug-likeness (QED) is 0.829. The van der Waals surface area contributed by atoms with E-state index in [1.165, 1.54) is 5.56 Å². The maximum Gasteiger partial charge on any atom is 0.141 e. The molecule has 0 spiro atoms. The van der Waals surface area contributed by atoms with Crippen molar-refractivity contribution in [3.63, 3.8) is 0 Å². The topological polar surface area (TPSA) is 53.6 Å². The van der Waals surface area contributed by atoms with Crippen LogP contribution in [0.25, 0.3) is 11.0 Å². The molecule has 0 aliphatic heterocycles. The summed E-state index contributed by atoms with van der Waals surface area (Å²) in [5.74, 6) is 1.27. The van der Waals surface area contributed by atoms with E-state index in [0.717, 1.165) is 29.1 Å². The van der Waals surface area contributed by atoms with Crippen LogP contribution in [0.4, 0.5) is 0 Å². The molecule has 0 aromatic carbocycles. The molecule has 4 heteroatoms. The van der Waals surface area contributed by atoms with E-state index in [9.17, 15) is 0 Å². The van der Waals surface area contributed by atoms with Crippen molar-refractivity contribution in [3.8, 4) is 0 Å². The molecule has 0 saturated heterocycles. The molecule has 2 aromatic heterocycles. The molecule has 2 aromatic rings. The number of rotatable bonds is 3. The zero-order valence-electron chi connectivity index (χ0n) is 10.3. The lowest BCUT2D eigenvalue weighted by atomic mass is 10.1. The van der Waals surface area contributed by atoms with Gasteiger partial charge in [-0.25, -0.2) is 9.97 Å². The van der Waals surface area contributed by atoms with Gasteiger partial charge in [0, 0.05) is 24.0 Å². The lowest BCUT2D eigenvalue weighted by molar-refractivity contribution is 0.774. The van der Waals surface area contributed by atoms with Gasteiger partial charge in [0.25, 0.3) is 0 Å². The van der Waals surface area contributed by atoms with E-state index in [2.05, 4.69) is 34.1 Å². The van der Waals surface area contributed by atoms with Crippen molar-refractivity contribution >= 4 is 11.0 Å². The van der Waals surface area contributed by atoms with E-state index in [4.69, 9.17) is 0 Å². The molecule has 0 aliphatic carbocycles. The van der Waals surface area contributed by atoms with Crippen molar-refractivity contribution in [2.45, 2.75) is 33.2 Å². The Hall–Kier alpha value is -1.42. The van der Waals surface area contributed by atoms with Crippen molar-refractivity contribution < 1.29 is 0 Å². The Bertz CT molecular complexity index is 499. The van der Waals surface area contributed by atoms with Gasteiger partial charge in [0.05, 0.1) is 5.69 Å². The molecule has 4 nitrogen and oxygen atoms in total. The third-order valence-electron chi connectivity index (χ3n) is 2.70. The first-order valence-electron chi connectivity index (χ1n) is 5.62. The zero-order valence-corrected chi connectivity index (χ0v) is 10.3. The van der Waals surface area contributed by atoms with Crippen molar-refractivity contribution in [1.29, 1.82) is 0 Å². The number of aromatic amines is 1. The minimum absolute atomic E-state index is 0.360. The van der Waals surface area contributed by atoms with Crippen LogP contribution >= 0.6 is 0 Å². The van der Waals surface area contributed by atoms with Crippen LogP contribution in [-0.2, 0) is 6.54 Å². The average Bonchev–Trinajstić information content (AvgIpc) is 2.62. The first-order chi connectivity index (χ1) is 7.63. The van der Waals surface area contributed by atoms with Crippen LogP contribution in [0.1, 0.15) is 36.8 Å². The predicted octanol–water partition coefficient (Wildman–Crippen LogP) is 2.11. The fourth-order valence-electron chi connectivity index (χ4n) is 1.90. The summed E-state index contributed by atoms with van der Waals surface area (Å²) in [4.78, 5) is 12.3. The van der Waals surface area contributed by atoms with Crippen LogP contribution in [0.2, 0.25) is 0 Å². The summed E-state index contributed by atoms with van der Waals surface area (Å²) in [6, 6.07) is 0. The van der Waals surface area contributed by atoms with E-state index < -0.39 is 0 Å². The lowest BCUT2D eigenvalue weighted by Gasteiger charge is -2.06. The number of nitrogens with one attached hydrogen (secondary N) is 2. The maximum atomic E-state index is 4.56. The number of fused-ring (bicyclic) bond motifs is 1. The highest BCUT2D eigenvalue weighted by atomic mass is 15.0. The number of H-pyrrole nitrogens is 1. The smallest absolute Gasteiger partial charge is 0.141 e. The van der Waals surface area contributed by atoms with Gasteiger partial charge in [-0.15, -0.1) is 0 Å². The molecule has 16 heavy (non-hydrogen) atoms. The van der Waals surface area contributed by atoms with Gasteiger partial charge < -0.3 is 10.3 Å². The highest BCUT2D eigenvalue weighted by Crippen LogP contribution is 2.21. The second-order valence-electron chi connectivity index (χ2n) is 4.39. The molecule has 86 valence electrons. The molecule has 0 aliphatic rings. The third-order valence-corrected chi connectivity index (χ3v) is 2.70. The molecular weight excluding hydrogens is 200 g/mol. The molecule has 0 amide bonds. The second kappa shape index (κ2) is 4.22. The highest BCUT2D eigenvalue weighted by molar-refractivity contribution is 5.82. The monoisotopic (exact) mass is 218 g/mol. The van der Waals surface area contributed by atoms with E-state index in [1.807, 2.05) is 20.2 Å². The van der Waals surface area contributed by atoms with Crippen LogP contribution in [0.15, 0.2) is 6.20 Å². The predicted molar refractivity (Wildman–Crippen MR) is 65.5 cm³/mol. The van der Waals surface area contributed by atoms with E-state index in [0.29, 0.717) is 5.92 Å². The average molecular weight is 218 g/mol. The summed E-state index contributed by atoms with van der Waals surface area (Å²) in [5, 5.41) is 4.30. The van der Waals surface area contributed by atoms with Crippen molar-refractivity contribution in [3.05, 3.63) is 23.3 Å². The summed E-state index contributed by atoms with van der Waals surface area (Å²) in [6.45, 7) is 7.10. The standard InChI is InChI=1S/C12H18N4/c1-7(2)11-15-8(3)10-9(5-13-4)6-14-12(10)16-11/h6-7,13H,5H2,1-4H3,(H,14,15,16). The van der Waals surface area contributed by atoms with Gasteiger partial charge in [0.2, 0.25) is 0 Å². The Morgan fingerprint density at radius 3 is 2.75 bits per heavy atom. The lowest BCUT2D eigenvalue weighted by Crippen LogP contribution is -2.05. The first-order valence-corrected chi connectivity index (χ1v) is 5.62. The van der Waals surface area contributed by atoms with Gasteiger partial charge in [-0.05, 0) is 19.5 Å². The van der Waals surface area contributed by atoms with Crippen LogP contribution in [0, 0.1) is 6.92 Å². The van der Waals surface area contributed by atoms with E-state index in [1.54, 1.807) is 0 Å². The number of nitrogens with zero attached hydrogens (tertiary/aromatic N) is 2. The van der Waals surface area contributed by atoms with Gasteiger partial charge in [-0.1, -0.05) is 13.8 Å². The molecule has 0 bridgehead atoms. The molecule has 0 unspecified atom stereocenters. The molecule has 0 saturated carbocycles. The Labute approximate surface area is 95.5 Å². The van der Waals surface area contributed by atoms with Gasteiger partial charge in [-0.3, -0.25) is 0 Å². The molecule has 0 atom stereocenters. The summed E-state index contributed by atoms with van der Waals surface area (Å²) in [6.07, 6.45) is 2.01. The normalized spacial score (nSPS) is 11.6. The van der Waals surface area contributed by atoms with Crippen molar-refractivity contribution in [2.75, 3.05) is 7.05 Å². The zero-order chi connectivity index (χ0) is 11.7. The fraction of sp³-hybridized carbons (Fsp3) is 0.500. The van der Waals surface area contributed by atoms with Crippen molar-refractivity contribution in [1.82, 2.24) is 20.3 Å². The van der Waals surface area contributed by atoms with Crippen molar-refractivity contribution in [2.24, 2.45) is 0 Å². The molecular formula is C12H18N4. The van der Waals surface area contributed by atoms with Crippen LogP contribution in [-0.4, -0.2) is 22.0 Å². The number of hydrogen-bond acceptors (Lipinski definition) is 3. The van der Waals surface area contributed by atoms with Gasteiger partial charge >= 0.3 is 0 Å². The molecule has 2 rings (SSSR count). The van der Waals surface area contributed by atoms with E-state index >= 15 is 0 Å². The Kier molecular flexibility index (Phi) is 2.92. The Morgan fingerprint density at radius 1 is 1.38 bits per heavy atom. The third kappa shape index (κ3) is 1.80. The van der Waals surface area contributed by atoms with Gasteiger partial charge in [0.1, 0.15) is 11.5 Å². The van der Waals surface area contributed by atoms with Crippen LogP contribution in [0.5, 0.6) is 0 Å². The molecule has 2 heterocycles. The summed E-state index contributed by atoms with van der Waals surface area (Å²) in [5.41, 5.74) is 3.23. The SMILES string of the molecule is CNCc1c[nH]c2nc(C(C)C)nc(C)c12. The fourth-order valence-corrected chi connectivity index (χ4v) is 1.90. The van der Waals surface area contributed by atoms with Gasteiger partial charge in [-0.2, -0.15) is 0 Å². The molecule has 0 radical (unpaired) electrons. The minimum atomic E-state index is 0.360. The number of aryl methyl sites for hydroxylation is 1. The second-order valence-corrected chi connectivity index (χ2v) is 4.39. The number of hydrogen-bond donors (Lipinski definition) is 2. The largest absolute Gasteiger partial charge is 0.346 e. The first kappa shape index (κ1) is 11.1. The summed E-state index contributed by atoms with van der Waals surface area (Å²) < 4.78 is 0. The Morgan fingerprint density at radius 2 is 2.12 bits per heavy atom. The summed E-state index contributed by atoms with van der Waals surface area (Å²) >= 11 is 0. The van der Waals surface area contributed by atoms with Crippen LogP contribution in [0.3, 0.4) is 0 Å². The minimum Gasteiger partial charge on any atom is -0.346 e. The molecule has 2 N–H and O–H groups in total. The van der Waals surface area contributed by atoms with Gasteiger partial charge in [0.15, 0.2) is 0 Å². The van der Waals surface area contributed by atoms with Crippen LogP contribution < -0.4 is 5.32 Å². The van der Waals surface area contributed by atoms with E-state index in [-0.39, 0.29) is 0 Å². The maximum absolute atomic E-state index is 4.56. The number of aromatic nitrogens is 3. The highest BCUT2D eigenvalue weighted by Gasteiger charge is 2.11.